The van der Waals surface area contributed by atoms with Crippen molar-refractivity contribution >= 4 is 15.9 Å². The van der Waals surface area contributed by atoms with Gasteiger partial charge in [-0.25, -0.2) is 13.1 Å². The molecule has 0 spiro atoms. The predicted octanol–water partition coefficient (Wildman–Crippen LogP) is 1.41. The van der Waals surface area contributed by atoms with E-state index in [4.69, 9.17) is 9.47 Å². The number of amides is 1. The molecule has 0 aromatic heterocycles. The van der Waals surface area contributed by atoms with Gasteiger partial charge in [0.15, 0.2) is 11.5 Å². The minimum atomic E-state index is -3.58. The van der Waals surface area contributed by atoms with Gasteiger partial charge in [0, 0.05) is 18.7 Å². The van der Waals surface area contributed by atoms with Crippen LogP contribution in [-0.4, -0.2) is 41.6 Å². The number of hydrogen-bond donors (Lipinski definition) is 2. The van der Waals surface area contributed by atoms with Crippen LogP contribution in [0.2, 0.25) is 0 Å². The molecular formula is C17H20N2O5S. The van der Waals surface area contributed by atoms with E-state index in [9.17, 15) is 13.2 Å². The molecule has 2 aromatic rings. The lowest BCUT2D eigenvalue weighted by Gasteiger charge is -2.10. The maximum Gasteiger partial charge on any atom is 0.251 e. The smallest absolute Gasteiger partial charge is 0.251 e. The second kappa shape index (κ2) is 8.50. The summed E-state index contributed by atoms with van der Waals surface area (Å²) in [5, 5.41) is 2.65. The van der Waals surface area contributed by atoms with E-state index >= 15 is 0 Å². The van der Waals surface area contributed by atoms with Crippen LogP contribution < -0.4 is 19.5 Å². The minimum absolute atomic E-state index is 0.0796. The van der Waals surface area contributed by atoms with E-state index < -0.39 is 10.0 Å². The van der Waals surface area contributed by atoms with Crippen LogP contribution >= 0.6 is 0 Å². The van der Waals surface area contributed by atoms with E-state index in [2.05, 4.69) is 10.0 Å². The number of carbonyl (C=O) groups is 1. The van der Waals surface area contributed by atoms with Gasteiger partial charge in [-0.3, -0.25) is 4.79 Å². The van der Waals surface area contributed by atoms with E-state index in [0.29, 0.717) is 17.1 Å². The predicted molar refractivity (Wildman–Crippen MR) is 93.5 cm³/mol. The second-order valence-electron chi connectivity index (χ2n) is 5.04. The standard InChI is InChI=1S/C17H20N2O5S/c1-23-15-9-8-13(12-16(15)24-2)17(20)18-10-11-19-25(21,22)14-6-4-3-5-7-14/h3-9,12,19H,10-11H2,1-2H3,(H,18,20). The molecule has 0 unspecified atom stereocenters. The van der Waals surface area contributed by atoms with Crippen LogP contribution in [0.5, 0.6) is 11.5 Å². The molecule has 0 aliphatic rings. The maximum atomic E-state index is 12.1. The number of sulfonamides is 1. The SMILES string of the molecule is COc1ccc(C(=O)NCCNS(=O)(=O)c2ccccc2)cc1OC. The Morgan fingerprint density at radius 3 is 2.28 bits per heavy atom. The minimum Gasteiger partial charge on any atom is -0.493 e. The largest absolute Gasteiger partial charge is 0.493 e. The number of rotatable bonds is 8. The Morgan fingerprint density at radius 1 is 0.960 bits per heavy atom. The molecular weight excluding hydrogens is 344 g/mol. The van der Waals surface area contributed by atoms with E-state index in [1.54, 1.807) is 36.4 Å². The van der Waals surface area contributed by atoms with Crippen molar-refractivity contribution in [2.45, 2.75) is 4.90 Å². The highest BCUT2D eigenvalue weighted by molar-refractivity contribution is 7.89. The zero-order valence-electron chi connectivity index (χ0n) is 14.0. The van der Waals surface area contributed by atoms with Crippen LogP contribution in [0.25, 0.3) is 0 Å². The highest BCUT2D eigenvalue weighted by Gasteiger charge is 2.13. The summed E-state index contributed by atoms with van der Waals surface area (Å²) in [4.78, 5) is 12.3. The molecule has 0 saturated heterocycles. The molecule has 0 saturated carbocycles. The van der Waals surface area contributed by atoms with Crippen LogP contribution in [0.3, 0.4) is 0 Å². The van der Waals surface area contributed by atoms with Crippen molar-refractivity contribution in [1.82, 2.24) is 10.0 Å². The fourth-order valence-electron chi connectivity index (χ4n) is 2.12. The van der Waals surface area contributed by atoms with Gasteiger partial charge in [0.25, 0.3) is 5.91 Å². The molecule has 0 aliphatic carbocycles. The summed E-state index contributed by atoms with van der Waals surface area (Å²) in [6.07, 6.45) is 0. The average Bonchev–Trinajstić information content (AvgIpc) is 2.65. The zero-order valence-corrected chi connectivity index (χ0v) is 14.8. The quantitative estimate of drug-likeness (QED) is 0.691. The summed E-state index contributed by atoms with van der Waals surface area (Å²) < 4.78 is 36.8. The Bertz CT molecular complexity index is 822. The van der Waals surface area contributed by atoms with E-state index in [-0.39, 0.29) is 23.9 Å². The lowest BCUT2D eigenvalue weighted by atomic mass is 10.2. The third-order valence-electron chi connectivity index (χ3n) is 3.40. The monoisotopic (exact) mass is 364 g/mol. The summed E-state index contributed by atoms with van der Waals surface area (Å²) in [5.74, 6) is 0.634. The second-order valence-corrected chi connectivity index (χ2v) is 6.80. The number of methoxy groups -OCH3 is 2. The summed E-state index contributed by atoms with van der Waals surface area (Å²) in [5.41, 5.74) is 0.392. The van der Waals surface area contributed by atoms with Gasteiger partial charge in [0.2, 0.25) is 10.0 Å². The van der Waals surface area contributed by atoms with Crippen molar-refractivity contribution in [3.63, 3.8) is 0 Å². The zero-order chi connectivity index (χ0) is 18.3. The molecule has 0 bridgehead atoms. The topological polar surface area (TPSA) is 93.7 Å². The molecule has 2 aromatic carbocycles. The molecule has 25 heavy (non-hydrogen) atoms. The summed E-state index contributed by atoms with van der Waals surface area (Å²) in [6, 6.07) is 12.8. The first-order chi connectivity index (χ1) is 12.0. The first-order valence-corrected chi connectivity index (χ1v) is 9.01. The lowest BCUT2D eigenvalue weighted by molar-refractivity contribution is 0.0954. The van der Waals surface area contributed by atoms with E-state index in [1.807, 2.05) is 0 Å². The Kier molecular flexibility index (Phi) is 6.37. The van der Waals surface area contributed by atoms with Crippen molar-refractivity contribution in [2.75, 3.05) is 27.3 Å². The summed E-state index contributed by atoms with van der Waals surface area (Å²) in [6.45, 7) is 0.232. The van der Waals surface area contributed by atoms with Crippen LogP contribution in [0, 0.1) is 0 Å². The molecule has 0 atom stereocenters. The molecule has 2 rings (SSSR count). The number of carbonyl (C=O) groups excluding carboxylic acids is 1. The molecule has 134 valence electrons. The van der Waals surface area contributed by atoms with Gasteiger partial charge < -0.3 is 14.8 Å². The third-order valence-corrected chi connectivity index (χ3v) is 4.88. The van der Waals surface area contributed by atoms with Crippen LogP contribution in [0.1, 0.15) is 10.4 Å². The van der Waals surface area contributed by atoms with Crippen molar-refractivity contribution in [3.8, 4) is 11.5 Å². The van der Waals surface area contributed by atoms with Gasteiger partial charge in [-0.15, -0.1) is 0 Å². The summed E-state index contributed by atoms with van der Waals surface area (Å²) >= 11 is 0. The number of ether oxygens (including phenoxy) is 2. The Labute approximate surface area is 147 Å². The van der Waals surface area contributed by atoms with Gasteiger partial charge >= 0.3 is 0 Å². The van der Waals surface area contributed by atoms with E-state index in [0.717, 1.165) is 0 Å². The Hall–Kier alpha value is -2.58. The van der Waals surface area contributed by atoms with Crippen LogP contribution in [-0.2, 0) is 10.0 Å². The lowest BCUT2D eigenvalue weighted by Crippen LogP contribution is -2.34. The van der Waals surface area contributed by atoms with Crippen LogP contribution in [0.4, 0.5) is 0 Å². The molecule has 7 nitrogen and oxygen atoms in total. The van der Waals surface area contributed by atoms with Gasteiger partial charge in [-0.2, -0.15) is 0 Å². The first-order valence-electron chi connectivity index (χ1n) is 7.53. The van der Waals surface area contributed by atoms with Gasteiger partial charge in [0.05, 0.1) is 19.1 Å². The molecule has 1 amide bonds. The fourth-order valence-corrected chi connectivity index (χ4v) is 3.18. The van der Waals surface area contributed by atoms with Crippen LogP contribution in [0.15, 0.2) is 53.4 Å². The normalized spacial score (nSPS) is 11.0. The highest BCUT2D eigenvalue weighted by Crippen LogP contribution is 2.27. The molecule has 8 heteroatoms. The summed E-state index contributed by atoms with van der Waals surface area (Å²) in [7, 11) is -0.586. The molecule has 2 N–H and O–H groups in total. The first kappa shape index (κ1) is 18.8. The number of benzene rings is 2. The van der Waals surface area contributed by atoms with Gasteiger partial charge in [-0.1, -0.05) is 18.2 Å². The van der Waals surface area contributed by atoms with Crippen molar-refractivity contribution in [1.29, 1.82) is 0 Å². The van der Waals surface area contributed by atoms with Gasteiger partial charge in [0.1, 0.15) is 0 Å². The molecule has 0 heterocycles. The maximum absolute atomic E-state index is 12.1. The highest BCUT2D eigenvalue weighted by atomic mass is 32.2. The molecule has 0 radical (unpaired) electrons. The Balaban J connectivity index is 1.89. The number of hydrogen-bond acceptors (Lipinski definition) is 5. The van der Waals surface area contributed by atoms with Crippen molar-refractivity contribution < 1.29 is 22.7 Å². The average molecular weight is 364 g/mol. The molecule has 0 aliphatic heterocycles. The molecule has 0 fully saturated rings. The van der Waals surface area contributed by atoms with Crippen molar-refractivity contribution in [3.05, 3.63) is 54.1 Å². The third kappa shape index (κ3) is 4.94. The fraction of sp³-hybridized carbons (Fsp3) is 0.235. The Morgan fingerprint density at radius 2 is 1.64 bits per heavy atom. The van der Waals surface area contributed by atoms with Crippen molar-refractivity contribution in [2.24, 2.45) is 0 Å². The number of nitrogens with one attached hydrogen (secondary N) is 2. The van der Waals surface area contributed by atoms with Gasteiger partial charge in [-0.05, 0) is 30.3 Å². The van der Waals surface area contributed by atoms with E-state index in [1.165, 1.54) is 26.4 Å².